The summed E-state index contributed by atoms with van der Waals surface area (Å²) < 4.78 is 1.73. The third-order valence-electron chi connectivity index (χ3n) is 3.67. The van der Waals surface area contributed by atoms with Gasteiger partial charge in [0, 0.05) is 11.4 Å². The summed E-state index contributed by atoms with van der Waals surface area (Å²) in [5.74, 6) is 0.0142. The number of carbonyl (C=O) groups excluding carboxylic acids is 1. The van der Waals surface area contributed by atoms with E-state index in [1.54, 1.807) is 22.2 Å². The van der Waals surface area contributed by atoms with E-state index in [2.05, 4.69) is 18.1 Å². The molecular formula is C15H17ClN2OS. The Bertz CT molecular complexity index is 621. The lowest BCUT2D eigenvalue weighted by Gasteiger charge is -2.08. The minimum atomic E-state index is 0.0142. The van der Waals surface area contributed by atoms with Crippen molar-refractivity contribution in [2.75, 3.05) is 0 Å². The Labute approximate surface area is 127 Å². The zero-order valence-electron chi connectivity index (χ0n) is 11.5. The molecule has 0 N–H and O–H groups in total. The zero-order chi connectivity index (χ0) is 14.1. The van der Waals surface area contributed by atoms with Crippen molar-refractivity contribution < 1.29 is 4.79 Å². The molecular weight excluding hydrogens is 292 g/mol. The number of fused-ring (bicyclic) bond motifs is 1. The van der Waals surface area contributed by atoms with Crippen LogP contribution in [0.4, 0.5) is 0 Å². The summed E-state index contributed by atoms with van der Waals surface area (Å²) in [6.45, 7) is 2.78. The van der Waals surface area contributed by atoms with Gasteiger partial charge in [-0.3, -0.25) is 9.48 Å². The lowest BCUT2D eigenvalue weighted by Crippen LogP contribution is -2.11. The molecule has 20 heavy (non-hydrogen) atoms. The fraction of sp³-hybridized carbons (Fsp3) is 0.467. The normalized spacial score (nSPS) is 14.3. The monoisotopic (exact) mass is 308 g/mol. The first kappa shape index (κ1) is 13.8. The van der Waals surface area contributed by atoms with Gasteiger partial charge in [-0.1, -0.05) is 18.5 Å². The molecule has 0 aromatic carbocycles. The average Bonchev–Trinajstić information content (AvgIpc) is 3.02. The van der Waals surface area contributed by atoms with E-state index in [-0.39, 0.29) is 5.78 Å². The molecule has 0 fully saturated rings. The van der Waals surface area contributed by atoms with E-state index in [1.807, 2.05) is 0 Å². The second-order valence-electron chi connectivity index (χ2n) is 5.16. The van der Waals surface area contributed by atoms with Gasteiger partial charge in [-0.15, -0.1) is 11.3 Å². The summed E-state index contributed by atoms with van der Waals surface area (Å²) >= 11 is 7.78. The fourth-order valence-electron chi connectivity index (χ4n) is 2.69. The minimum Gasteiger partial charge on any atom is -0.286 e. The van der Waals surface area contributed by atoms with Gasteiger partial charge in [0.1, 0.15) is 5.69 Å². The molecule has 3 rings (SSSR count). The van der Waals surface area contributed by atoms with E-state index >= 15 is 0 Å². The highest BCUT2D eigenvalue weighted by Crippen LogP contribution is 2.32. The number of carbonyl (C=O) groups is 1. The number of thiophene rings is 1. The summed E-state index contributed by atoms with van der Waals surface area (Å²) in [4.78, 5) is 14.9. The first-order valence-corrected chi connectivity index (χ1v) is 8.27. The lowest BCUT2D eigenvalue weighted by molar-refractivity contribution is 0.103. The number of aryl methyl sites for hydroxylation is 3. The maximum absolute atomic E-state index is 12.7. The Morgan fingerprint density at radius 3 is 3.00 bits per heavy atom. The Kier molecular flexibility index (Phi) is 3.94. The summed E-state index contributed by atoms with van der Waals surface area (Å²) in [5.41, 5.74) is 1.88. The van der Waals surface area contributed by atoms with E-state index in [1.165, 1.54) is 23.3 Å². The molecule has 5 heteroatoms. The number of hydrogen-bond acceptors (Lipinski definition) is 3. The number of nitrogens with zero attached hydrogens (tertiary/aromatic N) is 2. The van der Waals surface area contributed by atoms with Crippen LogP contribution in [0.15, 0.2) is 12.3 Å². The number of hydrogen-bond donors (Lipinski definition) is 0. The first-order valence-electron chi connectivity index (χ1n) is 7.08. The smallest absolute Gasteiger partial charge is 0.222 e. The van der Waals surface area contributed by atoms with Crippen LogP contribution in [0.3, 0.4) is 0 Å². The van der Waals surface area contributed by atoms with Crippen molar-refractivity contribution in [3.05, 3.63) is 38.3 Å². The van der Waals surface area contributed by atoms with Crippen LogP contribution in [0, 0.1) is 0 Å². The Balaban J connectivity index is 1.96. The zero-order valence-corrected chi connectivity index (χ0v) is 13.1. The number of halogens is 1. The highest BCUT2D eigenvalue weighted by Gasteiger charge is 2.23. The van der Waals surface area contributed by atoms with Crippen LogP contribution in [0.2, 0.25) is 5.02 Å². The van der Waals surface area contributed by atoms with E-state index in [4.69, 9.17) is 11.6 Å². The highest BCUT2D eigenvalue weighted by atomic mass is 35.5. The number of rotatable bonds is 4. The first-order chi connectivity index (χ1) is 9.70. The molecule has 0 aliphatic heterocycles. The van der Waals surface area contributed by atoms with E-state index in [9.17, 15) is 4.79 Å². The van der Waals surface area contributed by atoms with Crippen LogP contribution in [0.1, 0.15) is 52.0 Å². The molecule has 0 bridgehead atoms. The highest BCUT2D eigenvalue weighted by molar-refractivity contribution is 7.14. The molecule has 0 saturated carbocycles. The fourth-order valence-corrected chi connectivity index (χ4v) is 4.11. The Morgan fingerprint density at radius 2 is 2.25 bits per heavy atom. The van der Waals surface area contributed by atoms with Gasteiger partial charge in [-0.05, 0) is 43.7 Å². The van der Waals surface area contributed by atoms with Gasteiger partial charge in [0.25, 0.3) is 0 Å². The maximum Gasteiger partial charge on any atom is 0.222 e. The Hall–Kier alpha value is -1.13. The van der Waals surface area contributed by atoms with Gasteiger partial charge >= 0.3 is 0 Å². The second kappa shape index (κ2) is 5.70. The largest absolute Gasteiger partial charge is 0.286 e. The van der Waals surface area contributed by atoms with Gasteiger partial charge in [-0.2, -0.15) is 5.10 Å². The molecule has 0 amide bonds. The molecule has 0 saturated heterocycles. The van der Waals surface area contributed by atoms with Crippen molar-refractivity contribution in [1.29, 1.82) is 0 Å². The van der Waals surface area contributed by atoms with E-state index in [0.717, 1.165) is 30.7 Å². The predicted molar refractivity (Wildman–Crippen MR) is 81.9 cm³/mol. The van der Waals surface area contributed by atoms with Crippen LogP contribution in [-0.2, 0) is 19.4 Å². The van der Waals surface area contributed by atoms with Crippen LogP contribution in [0.5, 0.6) is 0 Å². The predicted octanol–water partition coefficient (Wildman–Crippen LogP) is 4.12. The third-order valence-corrected chi connectivity index (χ3v) is 5.18. The average molecular weight is 309 g/mol. The van der Waals surface area contributed by atoms with Gasteiger partial charge in [-0.25, -0.2) is 0 Å². The molecule has 0 unspecified atom stereocenters. The van der Waals surface area contributed by atoms with Crippen molar-refractivity contribution in [1.82, 2.24) is 9.78 Å². The van der Waals surface area contributed by atoms with Crippen molar-refractivity contribution in [3.63, 3.8) is 0 Å². The molecule has 2 heterocycles. The summed E-state index contributed by atoms with van der Waals surface area (Å²) in [6, 6.07) is 2.06. The van der Waals surface area contributed by atoms with Crippen molar-refractivity contribution in [3.8, 4) is 0 Å². The van der Waals surface area contributed by atoms with Crippen LogP contribution in [-0.4, -0.2) is 15.6 Å². The molecule has 0 atom stereocenters. The molecule has 2 aromatic heterocycles. The quantitative estimate of drug-likeness (QED) is 0.796. The SMILES string of the molecule is CCCn1ncc(Cl)c1C(=O)c1cc2c(s1)CCCC2. The minimum absolute atomic E-state index is 0.0142. The summed E-state index contributed by atoms with van der Waals surface area (Å²) in [5, 5.41) is 4.66. The van der Waals surface area contributed by atoms with Gasteiger partial charge in [0.15, 0.2) is 0 Å². The second-order valence-corrected chi connectivity index (χ2v) is 6.70. The van der Waals surface area contributed by atoms with Gasteiger partial charge in [0.05, 0.1) is 16.1 Å². The van der Waals surface area contributed by atoms with Crippen LogP contribution >= 0.6 is 22.9 Å². The molecule has 1 aliphatic carbocycles. The molecule has 0 radical (unpaired) electrons. The molecule has 0 spiro atoms. The number of ketones is 1. The van der Waals surface area contributed by atoms with Gasteiger partial charge in [0.2, 0.25) is 5.78 Å². The Morgan fingerprint density at radius 1 is 1.45 bits per heavy atom. The van der Waals surface area contributed by atoms with E-state index in [0.29, 0.717) is 10.7 Å². The summed E-state index contributed by atoms with van der Waals surface area (Å²) in [6.07, 6.45) is 7.16. The molecule has 106 valence electrons. The molecule has 2 aromatic rings. The standard InChI is InChI=1S/C15H17ClN2OS/c1-2-7-18-14(11(16)9-17-18)15(19)13-8-10-5-3-4-6-12(10)20-13/h8-9H,2-7H2,1H3. The molecule has 1 aliphatic rings. The maximum atomic E-state index is 12.7. The van der Waals surface area contributed by atoms with Crippen LogP contribution < -0.4 is 0 Å². The van der Waals surface area contributed by atoms with Crippen molar-refractivity contribution in [2.45, 2.75) is 45.6 Å². The van der Waals surface area contributed by atoms with Crippen LogP contribution in [0.25, 0.3) is 0 Å². The molecule has 3 nitrogen and oxygen atoms in total. The topological polar surface area (TPSA) is 34.9 Å². The third kappa shape index (κ3) is 2.42. The van der Waals surface area contributed by atoms with Crippen molar-refractivity contribution >= 4 is 28.7 Å². The summed E-state index contributed by atoms with van der Waals surface area (Å²) in [7, 11) is 0. The van der Waals surface area contributed by atoms with Crippen molar-refractivity contribution in [2.24, 2.45) is 0 Å². The van der Waals surface area contributed by atoms with E-state index < -0.39 is 0 Å². The van der Waals surface area contributed by atoms with Gasteiger partial charge < -0.3 is 0 Å². The number of aromatic nitrogens is 2. The lowest BCUT2D eigenvalue weighted by atomic mass is 9.99.